The second-order valence-corrected chi connectivity index (χ2v) is 5.50. The molecule has 0 aliphatic carbocycles. The molecule has 0 fully saturated rings. The van der Waals surface area contributed by atoms with Crippen molar-refractivity contribution in [2.45, 2.75) is 0 Å². The molecular formula is C19H12N2. The van der Waals surface area contributed by atoms with E-state index in [0.717, 1.165) is 22.0 Å². The lowest BCUT2D eigenvalue weighted by Crippen LogP contribution is -1.93. The Morgan fingerprint density at radius 3 is 2.29 bits per heavy atom. The Balaban J connectivity index is 2.34. The first-order chi connectivity index (χ1) is 10.3. The van der Waals surface area contributed by atoms with E-state index in [4.69, 9.17) is 5.73 Å². The van der Waals surface area contributed by atoms with Gasteiger partial charge in [-0.05, 0) is 28.3 Å². The first-order valence-electron chi connectivity index (χ1n) is 7.04. The summed E-state index contributed by atoms with van der Waals surface area (Å²) in [5, 5.41) is 8.45. The van der Waals surface area contributed by atoms with E-state index in [2.05, 4.69) is 47.4 Å². The molecule has 0 atom stereocenters. The van der Waals surface area contributed by atoms with Gasteiger partial charge in [0.15, 0.2) is 0 Å². The van der Waals surface area contributed by atoms with Crippen LogP contribution in [0.15, 0.2) is 60.8 Å². The average Bonchev–Trinajstić information content (AvgIpc) is 2.54. The molecule has 0 radical (unpaired) electrons. The molecule has 2 heteroatoms. The maximum absolute atomic E-state index is 6.30. The molecule has 0 amide bonds. The van der Waals surface area contributed by atoms with Crippen LogP contribution in [-0.2, 0) is 0 Å². The number of fused-ring (bicyclic) bond motifs is 3. The van der Waals surface area contributed by atoms with Crippen molar-refractivity contribution in [1.82, 2.24) is 4.98 Å². The standard InChI is InChI=1S/C19H12N2/c20-15-9-8-12-7-6-11-3-1-4-13-16(11)17(12)18(15)14-5-2-10-21-19(13)14/h1-10H,20H2. The first kappa shape index (κ1) is 10.9. The Bertz CT molecular complexity index is 1140. The fraction of sp³-hybridized carbons (Fsp3) is 0. The molecule has 21 heavy (non-hydrogen) atoms. The molecule has 0 aliphatic rings. The molecule has 5 rings (SSSR count). The molecule has 0 bridgehead atoms. The van der Waals surface area contributed by atoms with Gasteiger partial charge in [-0.2, -0.15) is 0 Å². The van der Waals surface area contributed by atoms with Crippen molar-refractivity contribution in [3.05, 3.63) is 60.8 Å². The van der Waals surface area contributed by atoms with Gasteiger partial charge >= 0.3 is 0 Å². The molecule has 0 unspecified atom stereocenters. The van der Waals surface area contributed by atoms with Crippen LogP contribution in [0.3, 0.4) is 0 Å². The van der Waals surface area contributed by atoms with Crippen molar-refractivity contribution < 1.29 is 0 Å². The molecular weight excluding hydrogens is 256 g/mol. The SMILES string of the molecule is Nc1ccc2ccc3cccc4c5ncccc5c1c2c34. The number of nitrogens with zero attached hydrogens (tertiary/aromatic N) is 1. The molecule has 0 aliphatic heterocycles. The highest BCUT2D eigenvalue weighted by Crippen LogP contribution is 2.41. The molecule has 0 saturated heterocycles. The zero-order valence-corrected chi connectivity index (χ0v) is 11.3. The third-order valence-electron chi connectivity index (χ3n) is 4.39. The highest BCUT2D eigenvalue weighted by atomic mass is 14.7. The van der Waals surface area contributed by atoms with Gasteiger partial charge in [-0.3, -0.25) is 4.98 Å². The highest BCUT2D eigenvalue weighted by molar-refractivity contribution is 6.34. The smallest absolute Gasteiger partial charge is 0.0787 e. The molecule has 1 aromatic heterocycles. The Morgan fingerprint density at radius 1 is 0.667 bits per heavy atom. The van der Waals surface area contributed by atoms with Gasteiger partial charge in [0, 0.05) is 33.4 Å². The molecule has 0 spiro atoms. The van der Waals surface area contributed by atoms with Gasteiger partial charge in [0.1, 0.15) is 0 Å². The van der Waals surface area contributed by atoms with Gasteiger partial charge in [-0.25, -0.2) is 0 Å². The van der Waals surface area contributed by atoms with E-state index in [9.17, 15) is 0 Å². The van der Waals surface area contributed by atoms with Gasteiger partial charge in [0.05, 0.1) is 5.52 Å². The fourth-order valence-corrected chi connectivity index (χ4v) is 3.52. The minimum Gasteiger partial charge on any atom is -0.398 e. The second-order valence-electron chi connectivity index (χ2n) is 5.50. The van der Waals surface area contributed by atoms with Crippen LogP contribution in [0.5, 0.6) is 0 Å². The van der Waals surface area contributed by atoms with Gasteiger partial charge in [-0.1, -0.05) is 42.5 Å². The summed E-state index contributed by atoms with van der Waals surface area (Å²) in [6.07, 6.45) is 1.85. The molecule has 1 heterocycles. The van der Waals surface area contributed by atoms with Crippen molar-refractivity contribution in [1.29, 1.82) is 0 Å². The third-order valence-corrected chi connectivity index (χ3v) is 4.39. The number of anilines is 1. The summed E-state index contributed by atoms with van der Waals surface area (Å²) in [4.78, 5) is 4.62. The number of nitrogen functional groups attached to an aromatic ring is 1. The summed E-state index contributed by atoms with van der Waals surface area (Å²) in [6.45, 7) is 0. The summed E-state index contributed by atoms with van der Waals surface area (Å²) in [5.74, 6) is 0. The van der Waals surface area contributed by atoms with Crippen molar-refractivity contribution in [2.75, 3.05) is 5.73 Å². The van der Waals surface area contributed by atoms with Crippen LogP contribution in [0.2, 0.25) is 0 Å². The molecule has 2 nitrogen and oxygen atoms in total. The topological polar surface area (TPSA) is 38.9 Å². The summed E-state index contributed by atoms with van der Waals surface area (Å²) >= 11 is 0. The minimum atomic E-state index is 0.818. The Kier molecular flexibility index (Phi) is 1.87. The predicted molar refractivity (Wildman–Crippen MR) is 89.9 cm³/mol. The zero-order chi connectivity index (χ0) is 14.0. The average molecular weight is 268 g/mol. The van der Waals surface area contributed by atoms with Gasteiger partial charge in [0.2, 0.25) is 0 Å². The largest absolute Gasteiger partial charge is 0.398 e. The van der Waals surface area contributed by atoms with Crippen molar-refractivity contribution >= 4 is 48.9 Å². The Morgan fingerprint density at radius 2 is 1.38 bits per heavy atom. The number of nitrogens with two attached hydrogens (primary N) is 1. The maximum atomic E-state index is 6.30. The zero-order valence-electron chi connectivity index (χ0n) is 11.3. The lowest BCUT2D eigenvalue weighted by molar-refractivity contribution is 1.43. The van der Waals surface area contributed by atoms with Gasteiger partial charge in [-0.15, -0.1) is 0 Å². The lowest BCUT2D eigenvalue weighted by atomic mass is 9.90. The van der Waals surface area contributed by atoms with E-state index in [1.165, 1.54) is 26.9 Å². The molecule has 2 N–H and O–H groups in total. The van der Waals surface area contributed by atoms with E-state index in [-0.39, 0.29) is 0 Å². The summed E-state index contributed by atoms with van der Waals surface area (Å²) in [5.41, 5.74) is 8.15. The normalized spacial score (nSPS) is 12.0. The summed E-state index contributed by atoms with van der Waals surface area (Å²) in [7, 11) is 0. The quantitative estimate of drug-likeness (QED) is 0.251. The van der Waals surface area contributed by atoms with Crippen LogP contribution >= 0.6 is 0 Å². The number of rotatable bonds is 0. The summed E-state index contributed by atoms with van der Waals surface area (Å²) in [6, 6.07) is 18.9. The number of aromatic nitrogens is 1. The van der Waals surface area contributed by atoms with Crippen LogP contribution in [0.25, 0.3) is 43.2 Å². The third kappa shape index (κ3) is 1.24. The van der Waals surface area contributed by atoms with E-state index >= 15 is 0 Å². The van der Waals surface area contributed by atoms with Crippen LogP contribution in [-0.4, -0.2) is 4.98 Å². The van der Waals surface area contributed by atoms with Crippen molar-refractivity contribution in [3.8, 4) is 0 Å². The minimum absolute atomic E-state index is 0.818. The molecule has 0 saturated carbocycles. The van der Waals surface area contributed by atoms with Crippen LogP contribution < -0.4 is 5.73 Å². The second kappa shape index (κ2) is 3.61. The number of hydrogen-bond acceptors (Lipinski definition) is 2. The highest BCUT2D eigenvalue weighted by Gasteiger charge is 2.14. The maximum Gasteiger partial charge on any atom is 0.0787 e. The van der Waals surface area contributed by atoms with E-state index in [1.807, 2.05) is 18.3 Å². The number of pyridine rings is 1. The van der Waals surface area contributed by atoms with Crippen molar-refractivity contribution in [3.63, 3.8) is 0 Å². The fourth-order valence-electron chi connectivity index (χ4n) is 3.52. The van der Waals surface area contributed by atoms with E-state index in [0.29, 0.717) is 0 Å². The molecule has 5 aromatic rings. The lowest BCUT2D eigenvalue weighted by Gasteiger charge is -2.15. The Hall–Kier alpha value is -2.87. The molecule has 4 aromatic carbocycles. The van der Waals surface area contributed by atoms with Gasteiger partial charge < -0.3 is 5.73 Å². The first-order valence-corrected chi connectivity index (χ1v) is 7.04. The van der Waals surface area contributed by atoms with Crippen molar-refractivity contribution in [2.24, 2.45) is 0 Å². The predicted octanol–water partition coefficient (Wildman–Crippen LogP) is 4.71. The van der Waals surface area contributed by atoms with E-state index in [1.54, 1.807) is 0 Å². The van der Waals surface area contributed by atoms with Crippen LogP contribution in [0.4, 0.5) is 5.69 Å². The summed E-state index contributed by atoms with van der Waals surface area (Å²) < 4.78 is 0. The van der Waals surface area contributed by atoms with Crippen LogP contribution in [0, 0.1) is 0 Å². The van der Waals surface area contributed by atoms with Crippen LogP contribution in [0.1, 0.15) is 0 Å². The molecule has 98 valence electrons. The number of hydrogen-bond donors (Lipinski definition) is 1. The monoisotopic (exact) mass is 268 g/mol. The Labute approximate surface area is 121 Å². The van der Waals surface area contributed by atoms with Gasteiger partial charge in [0.25, 0.3) is 0 Å². The van der Waals surface area contributed by atoms with E-state index < -0.39 is 0 Å². The number of benzene rings is 4.